The molecule has 2 atom stereocenters. The fourth-order valence-corrected chi connectivity index (χ4v) is 3.40. The largest absolute Gasteiger partial charge is 0.423 e. The van der Waals surface area contributed by atoms with Crippen LogP contribution in [0.3, 0.4) is 0 Å². The van der Waals surface area contributed by atoms with Crippen molar-refractivity contribution >= 4 is 5.91 Å². The third-order valence-electron chi connectivity index (χ3n) is 5.01. The summed E-state index contributed by atoms with van der Waals surface area (Å²) in [5.74, 6) is 0.809. The number of nitriles is 1. The summed E-state index contributed by atoms with van der Waals surface area (Å²) in [5.41, 5.74) is 1.26. The van der Waals surface area contributed by atoms with Crippen LogP contribution in [-0.2, 0) is 10.2 Å². The van der Waals surface area contributed by atoms with Crippen LogP contribution in [0.1, 0.15) is 53.6 Å². The van der Waals surface area contributed by atoms with Gasteiger partial charge in [-0.3, -0.25) is 4.79 Å². The highest BCUT2D eigenvalue weighted by molar-refractivity contribution is 5.94. The summed E-state index contributed by atoms with van der Waals surface area (Å²) in [6.45, 7) is 4.52. The van der Waals surface area contributed by atoms with Crippen molar-refractivity contribution in [2.24, 2.45) is 0 Å². The van der Waals surface area contributed by atoms with E-state index in [1.807, 2.05) is 19.1 Å². The molecule has 2 aliphatic rings. The monoisotopic (exact) mass is 352 g/mol. The first-order valence-electron chi connectivity index (χ1n) is 8.77. The third-order valence-corrected chi connectivity index (χ3v) is 5.01. The highest BCUT2D eigenvalue weighted by Crippen LogP contribution is 2.47. The van der Waals surface area contributed by atoms with Crippen molar-refractivity contribution < 1.29 is 13.9 Å². The Kier molecular flexibility index (Phi) is 4.00. The van der Waals surface area contributed by atoms with Crippen LogP contribution in [-0.4, -0.2) is 40.2 Å². The maximum absolute atomic E-state index is 12.9. The average Bonchev–Trinajstić information content (AvgIpc) is 3.34. The van der Waals surface area contributed by atoms with E-state index in [0.717, 1.165) is 18.4 Å². The lowest BCUT2D eigenvalue weighted by Gasteiger charge is -2.35. The van der Waals surface area contributed by atoms with E-state index in [1.54, 1.807) is 24.0 Å². The molecule has 7 nitrogen and oxygen atoms in total. The lowest BCUT2D eigenvalue weighted by molar-refractivity contribution is -0.0796. The van der Waals surface area contributed by atoms with Gasteiger partial charge in [-0.15, -0.1) is 10.2 Å². The van der Waals surface area contributed by atoms with Crippen LogP contribution in [0.25, 0.3) is 0 Å². The first-order valence-corrected chi connectivity index (χ1v) is 8.77. The first kappa shape index (κ1) is 16.7. The second kappa shape index (κ2) is 6.22. The normalized spacial score (nSPS) is 24.1. The van der Waals surface area contributed by atoms with Crippen molar-refractivity contribution in [3.8, 4) is 6.07 Å². The van der Waals surface area contributed by atoms with Crippen molar-refractivity contribution in [3.63, 3.8) is 0 Å². The molecule has 4 rings (SSSR count). The highest BCUT2D eigenvalue weighted by atomic mass is 16.5. The zero-order valence-corrected chi connectivity index (χ0v) is 14.8. The van der Waals surface area contributed by atoms with Gasteiger partial charge in [-0.1, -0.05) is 12.1 Å². The van der Waals surface area contributed by atoms with Crippen LogP contribution in [0.4, 0.5) is 0 Å². The molecule has 0 radical (unpaired) electrons. The molecule has 0 spiro atoms. The van der Waals surface area contributed by atoms with Gasteiger partial charge in [0.15, 0.2) is 6.10 Å². The predicted molar refractivity (Wildman–Crippen MR) is 91.2 cm³/mol. The van der Waals surface area contributed by atoms with Crippen LogP contribution < -0.4 is 0 Å². The maximum Gasteiger partial charge on any atom is 0.254 e. The molecule has 2 heterocycles. The standard InChI is InChI=1S/C19H20N4O3/c1-12-9-23(10-16(25-12)17-22-21-13(2)26-17)18(24)14-3-5-15(6-4-14)19(11-20)7-8-19/h3-6,12,16H,7-10H2,1-2H3/t12-,16-/m1/s1. The molecule has 0 bridgehead atoms. The van der Waals surface area contributed by atoms with Gasteiger partial charge in [0.1, 0.15) is 0 Å². The first-order chi connectivity index (χ1) is 12.5. The molecule has 2 aromatic rings. The van der Waals surface area contributed by atoms with Crippen LogP contribution in [0.5, 0.6) is 0 Å². The number of amides is 1. The van der Waals surface area contributed by atoms with E-state index in [2.05, 4.69) is 16.3 Å². The molecule has 2 fully saturated rings. The van der Waals surface area contributed by atoms with Crippen molar-refractivity contribution in [2.75, 3.05) is 13.1 Å². The number of aryl methyl sites for hydroxylation is 1. The Hall–Kier alpha value is -2.72. The molecule has 1 amide bonds. The van der Waals surface area contributed by atoms with Crippen LogP contribution in [0.15, 0.2) is 28.7 Å². The molecule has 7 heteroatoms. The van der Waals surface area contributed by atoms with Crippen molar-refractivity contribution in [1.29, 1.82) is 5.26 Å². The summed E-state index contributed by atoms with van der Waals surface area (Å²) in [5, 5.41) is 17.2. The van der Waals surface area contributed by atoms with E-state index >= 15 is 0 Å². The second-order valence-electron chi connectivity index (χ2n) is 7.08. The molecule has 1 aromatic heterocycles. The van der Waals surface area contributed by atoms with E-state index < -0.39 is 6.10 Å². The van der Waals surface area contributed by atoms with Crippen molar-refractivity contribution in [3.05, 3.63) is 47.2 Å². The van der Waals surface area contributed by atoms with Gasteiger partial charge in [-0.25, -0.2) is 0 Å². The van der Waals surface area contributed by atoms with E-state index in [1.165, 1.54) is 0 Å². The number of carbonyl (C=O) groups is 1. The van der Waals surface area contributed by atoms with Gasteiger partial charge in [-0.2, -0.15) is 5.26 Å². The number of carbonyl (C=O) groups excluding carboxylic acids is 1. The van der Waals surface area contributed by atoms with Crippen LogP contribution in [0, 0.1) is 18.3 Å². The molecule has 1 saturated carbocycles. The molecular weight excluding hydrogens is 332 g/mol. The summed E-state index contributed by atoms with van der Waals surface area (Å²) in [7, 11) is 0. The number of ether oxygens (including phenoxy) is 1. The summed E-state index contributed by atoms with van der Waals surface area (Å²) in [6.07, 6.45) is 1.24. The summed E-state index contributed by atoms with van der Waals surface area (Å²) >= 11 is 0. The minimum absolute atomic E-state index is 0.0604. The number of benzene rings is 1. The smallest absolute Gasteiger partial charge is 0.254 e. The zero-order chi connectivity index (χ0) is 18.3. The number of hydrogen-bond donors (Lipinski definition) is 0. The van der Waals surface area contributed by atoms with Crippen LogP contribution >= 0.6 is 0 Å². The van der Waals surface area contributed by atoms with Gasteiger partial charge >= 0.3 is 0 Å². The topological polar surface area (TPSA) is 92.2 Å². The molecule has 1 aromatic carbocycles. The summed E-state index contributed by atoms with van der Waals surface area (Å²) in [4.78, 5) is 14.7. The molecule has 0 N–H and O–H groups in total. The van der Waals surface area contributed by atoms with Gasteiger partial charge in [0.2, 0.25) is 11.8 Å². The Labute approximate surface area is 151 Å². The van der Waals surface area contributed by atoms with E-state index in [0.29, 0.717) is 30.4 Å². The Balaban J connectivity index is 1.51. The fraction of sp³-hybridized carbons (Fsp3) is 0.474. The van der Waals surface area contributed by atoms with Crippen LogP contribution in [0.2, 0.25) is 0 Å². The Bertz CT molecular complexity index is 864. The number of nitrogens with zero attached hydrogens (tertiary/aromatic N) is 4. The lowest BCUT2D eigenvalue weighted by atomic mass is 9.96. The van der Waals surface area contributed by atoms with Gasteiger partial charge in [0.25, 0.3) is 5.91 Å². The van der Waals surface area contributed by atoms with Gasteiger partial charge in [0.05, 0.1) is 24.1 Å². The summed E-state index contributed by atoms with van der Waals surface area (Å²) in [6, 6.07) is 9.78. The average molecular weight is 352 g/mol. The summed E-state index contributed by atoms with van der Waals surface area (Å²) < 4.78 is 11.3. The van der Waals surface area contributed by atoms with E-state index in [4.69, 9.17) is 9.15 Å². The zero-order valence-electron chi connectivity index (χ0n) is 14.8. The van der Waals surface area contributed by atoms with Gasteiger partial charge in [0, 0.05) is 19.0 Å². The quantitative estimate of drug-likeness (QED) is 0.843. The highest BCUT2D eigenvalue weighted by Gasteiger charge is 2.44. The Morgan fingerprint density at radius 3 is 2.58 bits per heavy atom. The second-order valence-corrected chi connectivity index (χ2v) is 7.08. The number of hydrogen-bond acceptors (Lipinski definition) is 6. The molecule has 1 aliphatic carbocycles. The van der Waals surface area contributed by atoms with Crippen molar-refractivity contribution in [1.82, 2.24) is 15.1 Å². The van der Waals surface area contributed by atoms with Crippen molar-refractivity contribution in [2.45, 2.75) is 44.3 Å². The Morgan fingerprint density at radius 1 is 1.27 bits per heavy atom. The maximum atomic E-state index is 12.9. The minimum atomic E-state index is -0.420. The molecule has 0 unspecified atom stereocenters. The molecule has 1 saturated heterocycles. The molecule has 134 valence electrons. The fourth-order valence-electron chi connectivity index (χ4n) is 3.40. The SMILES string of the molecule is Cc1nnc([C@H]2CN(C(=O)c3ccc(C4(C#N)CC4)cc3)C[C@@H](C)O2)o1. The molecular formula is C19H20N4O3. The van der Waals surface area contributed by atoms with Gasteiger partial charge in [-0.05, 0) is 37.5 Å². The molecule has 26 heavy (non-hydrogen) atoms. The van der Waals surface area contributed by atoms with E-state index in [9.17, 15) is 10.1 Å². The minimum Gasteiger partial charge on any atom is -0.423 e. The lowest BCUT2D eigenvalue weighted by Crippen LogP contribution is -2.46. The number of morpholine rings is 1. The van der Waals surface area contributed by atoms with E-state index in [-0.39, 0.29) is 17.4 Å². The third kappa shape index (κ3) is 2.97. The number of aromatic nitrogens is 2. The predicted octanol–water partition coefficient (Wildman–Crippen LogP) is 2.54. The Morgan fingerprint density at radius 2 is 2.00 bits per heavy atom. The molecule has 1 aliphatic heterocycles. The van der Waals surface area contributed by atoms with Gasteiger partial charge < -0.3 is 14.1 Å². The number of rotatable bonds is 3.